The highest BCUT2D eigenvalue weighted by molar-refractivity contribution is 8.00. The van der Waals surface area contributed by atoms with Crippen LogP contribution in [0.3, 0.4) is 0 Å². The zero-order chi connectivity index (χ0) is 86.9. The van der Waals surface area contributed by atoms with Crippen LogP contribution in [-0.2, 0) is 78.6 Å². The highest BCUT2D eigenvalue weighted by atomic mass is 32.2. The molecule has 3 unspecified atom stereocenters. The standard InChI is InChI=1S/C91H106N10O21S/c1-58-42-72-74-48-78(58)119-37-9-6-10-38-120-80-49-75-73(47-79(80)116-3)86(109)99-54-66(64-24-22-61(23-25-64)51-95-96-83(106)13-7-5-8-35-97-84(107)50-81(123-4)89(97)112)45-77(99)88(111)101(75)91(114)122-57-63-20-16-60(17-21-63)44-70(104)53-93-33-40-118-41-34-94-82(105)31-28-68(102)12-11-36-117-39-32-92-52-69(103)43-59-14-18-62(19-15-59)56-121-90(113)100(74)87(110)76-46-67(55-98(76)85(72)108)65-26-29-71(115-2)30-27-65/h14-27,29-30,42,45-49,51,76-77,81,87-88,92-93,110-111H,5-13,28,31-41,43-44,50,52-57H2,1-4H3,(H,94,105)(H,96,106)/b95-51+/t76-,77-,81?,87?,88?/m0/s1. The molecule has 8 amide bonds. The fraction of sp³-hybridized carbons (Fsp3) is 0.429. The summed E-state index contributed by atoms with van der Waals surface area (Å²) in [5.41, 5.74) is 9.50. The van der Waals surface area contributed by atoms with Gasteiger partial charge in [0.15, 0.2) is 35.5 Å². The van der Waals surface area contributed by atoms with E-state index in [4.69, 9.17) is 37.9 Å². The Labute approximate surface area is 718 Å². The molecule has 0 saturated carbocycles. The van der Waals surface area contributed by atoms with Gasteiger partial charge in [-0.15, -0.1) is 0 Å². The number of methoxy groups -OCH3 is 2. The molecule has 6 aromatic carbocycles. The predicted molar refractivity (Wildman–Crippen MR) is 458 cm³/mol. The molecule has 6 aromatic rings. The number of aliphatic hydroxyl groups is 2. The minimum atomic E-state index is -1.71. The first kappa shape index (κ1) is 90.6. The Hall–Kier alpha value is -11.7. The summed E-state index contributed by atoms with van der Waals surface area (Å²) < 4.78 is 47.3. The molecule has 9 heterocycles. The summed E-state index contributed by atoms with van der Waals surface area (Å²) in [5.74, 6) is -0.788. The molecule has 6 N–H and O–H groups in total. The summed E-state index contributed by atoms with van der Waals surface area (Å²) in [6.07, 6.45) is 6.34. The number of ketones is 3. The molecule has 8 bridgehead atoms. The third kappa shape index (κ3) is 24.2. The number of carbonyl (C=O) groups is 11. The molecule has 1 saturated heterocycles. The normalized spacial score (nSPS) is 21.1. The number of hydrazone groups is 1. The van der Waals surface area contributed by atoms with Crippen LogP contribution in [0.4, 0.5) is 21.0 Å². The van der Waals surface area contributed by atoms with Gasteiger partial charge >= 0.3 is 12.2 Å². The van der Waals surface area contributed by atoms with Crippen molar-refractivity contribution in [1.82, 2.24) is 36.1 Å². The third-order valence-electron chi connectivity index (χ3n) is 22.0. The van der Waals surface area contributed by atoms with E-state index in [1.54, 1.807) is 111 Å². The number of hydrogen-bond donors (Lipinski definition) is 6. The monoisotopic (exact) mass is 1710 g/mol. The van der Waals surface area contributed by atoms with Crippen molar-refractivity contribution >= 4 is 105 Å². The maximum Gasteiger partial charge on any atom is 0.416 e. The first-order valence-corrected chi connectivity index (χ1v) is 42.9. The van der Waals surface area contributed by atoms with Crippen LogP contribution in [0.1, 0.15) is 142 Å². The highest BCUT2D eigenvalue weighted by Crippen LogP contribution is 2.44. The smallest absolute Gasteiger partial charge is 0.416 e. The summed E-state index contributed by atoms with van der Waals surface area (Å²) in [7, 11) is 2.98. The van der Waals surface area contributed by atoms with Crippen molar-refractivity contribution in [3.8, 4) is 23.0 Å². The second-order valence-corrected chi connectivity index (χ2v) is 31.8. The van der Waals surface area contributed by atoms with Gasteiger partial charge in [0.25, 0.3) is 11.8 Å². The number of fused-ring (bicyclic) bond motifs is 2. The van der Waals surface area contributed by atoms with E-state index >= 15 is 4.79 Å². The Morgan fingerprint density at radius 2 is 1.11 bits per heavy atom. The van der Waals surface area contributed by atoms with E-state index in [2.05, 4.69) is 26.5 Å². The van der Waals surface area contributed by atoms with Crippen molar-refractivity contribution in [2.24, 2.45) is 5.10 Å². The van der Waals surface area contributed by atoms with E-state index in [1.807, 2.05) is 30.5 Å². The number of aryl methyl sites for hydroxylation is 1. The number of amides is 8. The van der Waals surface area contributed by atoms with Crippen molar-refractivity contribution in [3.05, 3.63) is 189 Å². The minimum absolute atomic E-state index is 0.00701. The van der Waals surface area contributed by atoms with Crippen LogP contribution in [0.25, 0.3) is 11.1 Å². The summed E-state index contributed by atoms with van der Waals surface area (Å²) >= 11 is 1.37. The lowest BCUT2D eigenvalue weighted by atomic mass is 10.0. The molecule has 5 atom stereocenters. The Balaban J connectivity index is 0.724. The van der Waals surface area contributed by atoms with Crippen molar-refractivity contribution in [2.75, 3.05) is 122 Å². The van der Waals surface area contributed by atoms with Gasteiger partial charge in [-0.25, -0.2) is 24.8 Å². The minimum Gasteiger partial charge on any atom is -0.497 e. The number of benzene rings is 6. The van der Waals surface area contributed by atoms with Crippen molar-refractivity contribution in [1.29, 1.82) is 0 Å². The van der Waals surface area contributed by atoms with Gasteiger partial charge < -0.3 is 73.9 Å². The van der Waals surface area contributed by atoms with Crippen molar-refractivity contribution < 1.29 is 101 Å². The number of nitrogens with one attached hydrogen (secondary N) is 4. The number of carbonyl (C=O) groups excluding carboxylic acids is 11. The lowest BCUT2D eigenvalue weighted by Crippen LogP contribution is -2.50. The quantitative estimate of drug-likeness (QED) is 0.0273. The number of likely N-dealkylation sites (tertiary alicyclic amines) is 1. The topological polar surface area (TPSA) is 379 Å². The molecular weight excluding hydrogens is 1600 g/mol. The first-order chi connectivity index (χ1) is 59.6. The molecule has 1 fully saturated rings. The van der Waals surface area contributed by atoms with Crippen LogP contribution in [-0.4, -0.2) is 238 Å². The van der Waals surface area contributed by atoms with E-state index in [0.29, 0.717) is 128 Å². The van der Waals surface area contributed by atoms with Gasteiger partial charge in [-0.05, 0) is 132 Å². The van der Waals surface area contributed by atoms with Crippen molar-refractivity contribution in [2.45, 2.75) is 140 Å². The summed E-state index contributed by atoms with van der Waals surface area (Å²) in [5, 5.41) is 37.8. The third-order valence-corrected chi connectivity index (χ3v) is 22.9. The number of Topliss-reactive ketones (excluding diaryl/α,β-unsaturated/α-hetero) is 3. The van der Waals surface area contributed by atoms with Gasteiger partial charge in [0.1, 0.15) is 30.5 Å². The molecule has 31 nitrogen and oxygen atoms in total. The molecule has 32 heteroatoms. The fourth-order valence-corrected chi connectivity index (χ4v) is 15.8. The van der Waals surface area contributed by atoms with Gasteiger partial charge in [0, 0.05) is 103 Å². The van der Waals surface area contributed by atoms with Gasteiger partial charge in [-0.3, -0.25) is 48.1 Å². The number of aliphatic hydroxyl groups excluding tert-OH is 2. The fourth-order valence-electron chi connectivity index (χ4n) is 15.2. The van der Waals surface area contributed by atoms with Crippen LogP contribution in [0, 0.1) is 6.92 Å². The van der Waals surface area contributed by atoms with E-state index in [1.165, 1.54) is 51.9 Å². The van der Waals surface area contributed by atoms with E-state index < -0.39 is 48.5 Å². The Morgan fingerprint density at radius 1 is 0.569 bits per heavy atom. The summed E-state index contributed by atoms with van der Waals surface area (Å²) in [4.78, 5) is 154. The molecule has 9 aliphatic rings. The second-order valence-electron chi connectivity index (χ2n) is 30.7. The SMILES string of the molecule is COc1ccc(C2=C[C@H]3C(O)N4C(=O)OCc5ccc(cc5)CC(=O)CNCCOCCCC(=O)CCC(=O)NCCOCCNCC(=O)Cc5ccc(cc5)COC(=O)N5c6cc(c(OC)cc6C(=O)N6CC(c7ccc(/C=N/NC(=O)CCCCCN8C(=O)CC(SC)C8=O)cc7)=C[C@H]6C5O)OCCCCCOc5cc4c(cc5C)C(=O)N3C2)cc1. The highest BCUT2D eigenvalue weighted by Gasteiger charge is 2.48. The Kier molecular flexibility index (Phi) is 32.7. The molecule has 0 radical (unpaired) electrons. The molecule has 123 heavy (non-hydrogen) atoms. The predicted octanol–water partition coefficient (Wildman–Crippen LogP) is 8.60. The van der Waals surface area contributed by atoms with Gasteiger partial charge in [0.2, 0.25) is 23.6 Å². The number of anilines is 2. The number of hydrogen-bond acceptors (Lipinski definition) is 25. The lowest BCUT2D eigenvalue weighted by Gasteiger charge is -2.31. The molecule has 0 aromatic heterocycles. The Morgan fingerprint density at radius 3 is 1.67 bits per heavy atom. The maximum atomic E-state index is 15.1. The maximum absolute atomic E-state index is 15.1. The summed E-state index contributed by atoms with van der Waals surface area (Å²) in [6.45, 7) is 4.42. The number of thioether (sulfide) groups is 1. The van der Waals surface area contributed by atoms with E-state index in [-0.39, 0.29) is 198 Å². The Bertz CT molecular complexity index is 4890. The average Bonchev–Trinajstić information content (AvgIpc) is 1.61. The number of ether oxygens (including phenoxy) is 8. The first-order valence-electron chi connectivity index (χ1n) is 41.6. The van der Waals surface area contributed by atoms with Gasteiger partial charge in [0.05, 0.1) is 106 Å². The average molecular weight is 1710 g/mol. The summed E-state index contributed by atoms with van der Waals surface area (Å²) in [6, 6.07) is 32.5. The zero-order valence-electron chi connectivity index (χ0n) is 69.6. The van der Waals surface area contributed by atoms with E-state index in [9.17, 15) is 58.2 Å². The number of unbranched alkanes of at least 4 members (excludes halogenated alkanes) is 2. The van der Waals surface area contributed by atoms with Crippen LogP contribution in [0.5, 0.6) is 23.0 Å². The number of rotatable bonds is 13. The molecule has 652 valence electrons. The lowest BCUT2D eigenvalue weighted by molar-refractivity contribution is -0.138. The molecule has 15 rings (SSSR count). The van der Waals surface area contributed by atoms with Crippen LogP contribution in [0.15, 0.2) is 139 Å². The number of nitrogens with zero attached hydrogens (tertiary/aromatic N) is 6. The zero-order valence-corrected chi connectivity index (χ0v) is 70.4. The number of imide groups is 1. The van der Waals surface area contributed by atoms with E-state index in [0.717, 1.165) is 26.5 Å². The van der Waals surface area contributed by atoms with Crippen LogP contribution >= 0.6 is 11.8 Å². The molecule has 0 spiro atoms. The van der Waals surface area contributed by atoms with Crippen LogP contribution in [0.2, 0.25) is 0 Å². The second kappa shape index (κ2) is 44.4. The largest absolute Gasteiger partial charge is 0.497 e. The van der Waals surface area contributed by atoms with Crippen LogP contribution < -0.4 is 50.1 Å². The molecule has 0 aliphatic carbocycles. The molecular formula is C91H106N10O21S. The van der Waals surface area contributed by atoms with Gasteiger partial charge in [-0.2, -0.15) is 16.9 Å². The van der Waals surface area contributed by atoms with Crippen molar-refractivity contribution in [3.63, 3.8) is 0 Å². The molecule has 9 aliphatic heterocycles. The van der Waals surface area contributed by atoms with Gasteiger partial charge in [-0.1, -0.05) is 104 Å².